The Hall–Kier alpha value is -0.460. The molecule has 2 nitrogen and oxygen atoms in total. The first-order valence-corrected chi connectivity index (χ1v) is 7.61. The summed E-state index contributed by atoms with van der Waals surface area (Å²) in [7, 11) is 0. The lowest BCUT2D eigenvalue weighted by atomic mass is 10.0. The predicted octanol–water partition coefficient (Wildman–Crippen LogP) is 3.64. The van der Waals surface area contributed by atoms with Gasteiger partial charge in [-0.15, -0.1) is 11.3 Å². The molecule has 0 aliphatic heterocycles. The smallest absolute Gasteiger partial charge is 0.0794 e. The normalized spacial score (nSPS) is 12.6. The maximum absolute atomic E-state index is 4.13. The average molecular weight is 358 g/mol. The minimum absolute atomic E-state index is 0.387. The molecule has 0 fully saturated rings. The summed E-state index contributed by atoms with van der Waals surface area (Å²) >= 11 is 4.06. The van der Waals surface area contributed by atoms with Gasteiger partial charge in [0.2, 0.25) is 0 Å². The topological polar surface area (TPSA) is 24.9 Å². The third-order valence-electron chi connectivity index (χ3n) is 2.61. The summed E-state index contributed by atoms with van der Waals surface area (Å²) in [6, 6.07) is 9.11. The Morgan fingerprint density at radius 2 is 2.12 bits per heavy atom. The van der Waals surface area contributed by atoms with Crippen molar-refractivity contribution in [2.75, 3.05) is 6.54 Å². The van der Waals surface area contributed by atoms with E-state index in [-0.39, 0.29) is 0 Å². The van der Waals surface area contributed by atoms with Crippen LogP contribution in [0.1, 0.15) is 23.4 Å². The largest absolute Gasteiger partial charge is 0.310 e. The average Bonchev–Trinajstić information content (AvgIpc) is 2.82. The van der Waals surface area contributed by atoms with Gasteiger partial charge in [0.25, 0.3) is 0 Å². The fourth-order valence-electron chi connectivity index (χ4n) is 1.79. The second-order valence-corrected chi connectivity index (χ2v) is 6.05. The van der Waals surface area contributed by atoms with Gasteiger partial charge in [0.15, 0.2) is 0 Å². The Morgan fingerprint density at radius 1 is 1.35 bits per heavy atom. The molecule has 0 aliphatic carbocycles. The third kappa shape index (κ3) is 3.76. The number of rotatable bonds is 5. The highest BCUT2D eigenvalue weighted by Gasteiger charge is 2.11. The second-order valence-electron chi connectivity index (χ2n) is 3.83. The van der Waals surface area contributed by atoms with Crippen LogP contribution in [-0.4, -0.2) is 11.5 Å². The highest BCUT2D eigenvalue weighted by Crippen LogP contribution is 2.21. The zero-order valence-electron chi connectivity index (χ0n) is 9.69. The van der Waals surface area contributed by atoms with Gasteiger partial charge in [0.1, 0.15) is 0 Å². The van der Waals surface area contributed by atoms with Gasteiger partial charge in [0.05, 0.1) is 5.51 Å². The van der Waals surface area contributed by atoms with Crippen molar-refractivity contribution >= 4 is 33.9 Å². The fourth-order valence-corrected chi connectivity index (χ4v) is 2.79. The summed E-state index contributed by atoms with van der Waals surface area (Å²) in [5.41, 5.74) is 3.24. The van der Waals surface area contributed by atoms with Crippen molar-refractivity contribution in [3.63, 3.8) is 0 Å². The lowest BCUT2D eigenvalue weighted by molar-refractivity contribution is 0.553. The lowest BCUT2D eigenvalue weighted by Gasteiger charge is -2.17. The number of thiazole rings is 1. The molecule has 17 heavy (non-hydrogen) atoms. The summed E-state index contributed by atoms with van der Waals surface area (Å²) in [6.07, 6.45) is 2.97. The number of hydrogen-bond donors (Lipinski definition) is 1. The van der Waals surface area contributed by atoms with Gasteiger partial charge in [-0.05, 0) is 46.8 Å². The van der Waals surface area contributed by atoms with Crippen LogP contribution in [0.25, 0.3) is 0 Å². The van der Waals surface area contributed by atoms with Crippen LogP contribution in [0, 0.1) is 3.57 Å². The van der Waals surface area contributed by atoms with E-state index in [9.17, 15) is 0 Å². The molecule has 0 bridgehead atoms. The summed E-state index contributed by atoms with van der Waals surface area (Å²) in [4.78, 5) is 5.46. The number of likely N-dealkylation sites (N-methyl/N-ethyl adjacent to an activating group) is 1. The monoisotopic (exact) mass is 358 g/mol. The first-order valence-electron chi connectivity index (χ1n) is 5.66. The lowest BCUT2D eigenvalue weighted by Crippen LogP contribution is -2.22. The van der Waals surface area contributed by atoms with Crippen molar-refractivity contribution in [2.24, 2.45) is 0 Å². The molecular weight excluding hydrogens is 343 g/mol. The molecule has 0 amide bonds. The standard InChI is InChI=1S/C13H15IN2S/c1-2-16-13(7-12-8-15-9-17-12)10-3-5-11(14)6-4-10/h3-6,8-9,13,16H,2,7H2,1H3. The van der Waals surface area contributed by atoms with Gasteiger partial charge in [-0.2, -0.15) is 0 Å². The van der Waals surface area contributed by atoms with Gasteiger partial charge < -0.3 is 5.32 Å². The molecule has 0 saturated carbocycles. The van der Waals surface area contributed by atoms with E-state index in [4.69, 9.17) is 0 Å². The molecule has 1 atom stereocenters. The molecule has 0 aliphatic rings. The van der Waals surface area contributed by atoms with Crippen molar-refractivity contribution in [2.45, 2.75) is 19.4 Å². The summed E-state index contributed by atoms with van der Waals surface area (Å²) in [5.74, 6) is 0. The Balaban J connectivity index is 2.13. The van der Waals surface area contributed by atoms with E-state index >= 15 is 0 Å². The van der Waals surface area contributed by atoms with E-state index in [0.717, 1.165) is 13.0 Å². The van der Waals surface area contributed by atoms with Gasteiger partial charge in [-0.25, -0.2) is 0 Å². The van der Waals surface area contributed by atoms with E-state index in [1.165, 1.54) is 14.0 Å². The van der Waals surface area contributed by atoms with E-state index in [0.29, 0.717) is 6.04 Å². The molecule has 0 spiro atoms. The number of nitrogens with one attached hydrogen (secondary N) is 1. The Morgan fingerprint density at radius 3 is 2.71 bits per heavy atom. The third-order valence-corrected chi connectivity index (χ3v) is 4.13. The van der Waals surface area contributed by atoms with Crippen LogP contribution in [0.4, 0.5) is 0 Å². The summed E-state index contributed by atoms with van der Waals surface area (Å²) in [6.45, 7) is 3.13. The van der Waals surface area contributed by atoms with E-state index in [1.807, 2.05) is 11.7 Å². The molecule has 4 heteroatoms. The van der Waals surface area contributed by atoms with E-state index in [1.54, 1.807) is 11.3 Å². The van der Waals surface area contributed by atoms with Gasteiger partial charge >= 0.3 is 0 Å². The maximum Gasteiger partial charge on any atom is 0.0794 e. The van der Waals surface area contributed by atoms with E-state index in [2.05, 4.69) is 64.1 Å². The minimum Gasteiger partial charge on any atom is -0.310 e. The molecule has 1 aromatic heterocycles. The molecule has 1 heterocycles. The molecule has 2 rings (SSSR count). The van der Waals surface area contributed by atoms with Crippen LogP contribution in [0.3, 0.4) is 0 Å². The Bertz CT molecular complexity index is 439. The quantitative estimate of drug-likeness (QED) is 0.826. The minimum atomic E-state index is 0.387. The number of aromatic nitrogens is 1. The molecular formula is C13H15IN2S. The molecule has 1 aromatic carbocycles. The molecule has 0 radical (unpaired) electrons. The van der Waals surface area contributed by atoms with Crippen LogP contribution in [-0.2, 0) is 6.42 Å². The zero-order valence-corrected chi connectivity index (χ0v) is 12.7. The molecule has 2 aromatic rings. The molecule has 1 N–H and O–H groups in total. The second kappa shape index (κ2) is 6.47. The Labute approximate surface area is 120 Å². The predicted molar refractivity (Wildman–Crippen MR) is 81.4 cm³/mol. The number of benzene rings is 1. The van der Waals surface area contributed by atoms with Crippen molar-refractivity contribution < 1.29 is 0 Å². The first-order chi connectivity index (χ1) is 8.29. The molecule has 1 unspecified atom stereocenters. The van der Waals surface area contributed by atoms with Crippen LogP contribution in [0.5, 0.6) is 0 Å². The van der Waals surface area contributed by atoms with Crippen molar-refractivity contribution in [3.05, 3.63) is 50.0 Å². The van der Waals surface area contributed by atoms with Crippen LogP contribution < -0.4 is 5.32 Å². The van der Waals surface area contributed by atoms with Crippen LogP contribution in [0.2, 0.25) is 0 Å². The number of nitrogens with zero attached hydrogens (tertiary/aromatic N) is 1. The fraction of sp³-hybridized carbons (Fsp3) is 0.308. The maximum atomic E-state index is 4.13. The highest BCUT2D eigenvalue weighted by molar-refractivity contribution is 14.1. The van der Waals surface area contributed by atoms with Crippen LogP contribution >= 0.6 is 33.9 Å². The van der Waals surface area contributed by atoms with Gasteiger partial charge in [-0.1, -0.05) is 19.1 Å². The number of halogens is 1. The highest BCUT2D eigenvalue weighted by atomic mass is 127. The Kier molecular flexibility index (Phi) is 4.94. The van der Waals surface area contributed by atoms with Gasteiger partial charge in [-0.3, -0.25) is 4.98 Å². The zero-order chi connectivity index (χ0) is 12.1. The summed E-state index contributed by atoms with van der Waals surface area (Å²) in [5, 5.41) is 3.53. The van der Waals surface area contributed by atoms with Crippen molar-refractivity contribution in [1.82, 2.24) is 10.3 Å². The SMILES string of the molecule is CCNC(Cc1cncs1)c1ccc(I)cc1. The molecule has 0 saturated heterocycles. The van der Waals surface area contributed by atoms with Crippen molar-refractivity contribution in [1.29, 1.82) is 0 Å². The van der Waals surface area contributed by atoms with Crippen LogP contribution in [0.15, 0.2) is 36.0 Å². The van der Waals surface area contributed by atoms with Gasteiger partial charge in [0, 0.05) is 27.1 Å². The van der Waals surface area contributed by atoms with E-state index < -0.39 is 0 Å². The van der Waals surface area contributed by atoms with Crippen molar-refractivity contribution in [3.8, 4) is 0 Å². The molecule has 90 valence electrons. The summed E-state index contributed by atoms with van der Waals surface area (Å²) < 4.78 is 1.28. The first kappa shape index (κ1) is 13.0. The number of hydrogen-bond acceptors (Lipinski definition) is 3.